The molecule has 0 fully saturated rings. The Kier molecular flexibility index (Phi) is 3.41. The second-order valence-corrected chi connectivity index (χ2v) is 3.69. The summed E-state index contributed by atoms with van der Waals surface area (Å²) < 4.78 is 12.9. The summed E-state index contributed by atoms with van der Waals surface area (Å²) in [6, 6.07) is 13.5. The van der Waals surface area contributed by atoms with Crippen LogP contribution in [0.25, 0.3) is 27.3 Å². The fourth-order valence-corrected chi connectivity index (χ4v) is 1.72. The fourth-order valence-electron chi connectivity index (χ4n) is 1.72. The summed E-state index contributed by atoms with van der Waals surface area (Å²) in [7, 11) is 0. The van der Waals surface area contributed by atoms with E-state index in [0.29, 0.717) is 5.70 Å². The standard InChI is InChI=1S/C14H10FN3/c1-10(17-18-16)13-4-2-3-5-14(13)11-6-8-12(15)9-7-11/h2-9H,1H2. The Morgan fingerprint density at radius 3 is 2.44 bits per heavy atom. The average Bonchev–Trinajstić information content (AvgIpc) is 2.40. The monoisotopic (exact) mass is 239 g/mol. The zero-order chi connectivity index (χ0) is 13.0. The molecule has 88 valence electrons. The van der Waals surface area contributed by atoms with Gasteiger partial charge in [-0.1, -0.05) is 48.1 Å². The van der Waals surface area contributed by atoms with Gasteiger partial charge in [-0.3, -0.25) is 0 Å². The SMILES string of the molecule is C=C(N=[N+]=[N-])c1ccccc1-c1ccc(F)cc1. The van der Waals surface area contributed by atoms with Crippen LogP contribution >= 0.6 is 0 Å². The molecule has 0 amide bonds. The second kappa shape index (κ2) is 5.17. The van der Waals surface area contributed by atoms with E-state index in [1.165, 1.54) is 12.1 Å². The molecule has 0 atom stereocenters. The lowest BCUT2D eigenvalue weighted by molar-refractivity contribution is 0.628. The molecule has 0 aliphatic carbocycles. The molecule has 2 aromatic rings. The molecular formula is C14H10FN3. The van der Waals surface area contributed by atoms with E-state index in [4.69, 9.17) is 5.53 Å². The van der Waals surface area contributed by atoms with Gasteiger partial charge in [-0.25, -0.2) is 4.39 Å². The van der Waals surface area contributed by atoms with E-state index >= 15 is 0 Å². The highest BCUT2D eigenvalue weighted by molar-refractivity contribution is 5.79. The summed E-state index contributed by atoms with van der Waals surface area (Å²) in [5, 5.41) is 3.51. The molecule has 4 heteroatoms. The molecule has 2 rings (SSSR count). The van der Waals surface area contributed by atoms with Crippen LogP contribution in [0.4, 0.5) is 4.39 Å². The third-order valence-corrected chi connectivity index (χ3v) is 2.56. The largest absolute Gasteiger partial charge is 0.207 e. The number of nitrogens with zero attached hydrogens (tertiary/aromatic N) is 3. The predicted octanol–water partition coefficient (Wildman–Crippen LogP) is 4.77. The molecule has 0 spiro atoms. The van der Waals surface area contributed by atoms with E-state index in [0.717, 1.165) is 16.7 Å². The summed E-state index contributed by atoms with van der Waals surface area (Å²) in [4.78, 5) is 2.73. The van der Waals surface area contributed by atoms with Crippen molar-refractivity contribution in [3.05, 3.63) is 76.9 Å². The molecule has 2 aromatic carbocycles. The van der Waals surface area contributed by atoms with Crippen molar-refractivity contribution in [3.63, 3.8) is 0 Å². The van der Waals surface area contributed by atoms with E-state index in [1.807, 2.05) is 24.3 Å². The lowest BCUT2D eigenvalue weighted by Gasteiger charge is -2.08. The predicted molar refractivity (Wildman–Crippen MR) is 70.0 cm³/mol. The Morgan fingerprint density at radius 1 is 1.11 bits per heavy atom. The normalized spacial score (nSPS) is 9.61. The molecule has 0 bridgehead atoms. The fraction of sp³-hybridized carbons (Fsp3) is 0. The lowest BCUT2D eigenvalue weighted by atomic mass is 9.98. The third-order valence-electron chi connectivity index (χ3n) is 2.56. The van der Waals surface area contributed by atoms with Gasteiger partial charge in [0.15, 0.2) is 0 Å². The van der Waals surface area contributed by atoms with E-state index in [2.05, 4.69) is 16.6 Å². The first-order valence-corrected chi connectivity index (χ1v) is 5.31. The molecule has 0 heterocycles. The van der Waals surface area contributed by atoms with Gasteiger partial charge in [0.2, 0.25) is 0 Å². The molecule has 0 radical (unpaired) electrons. The van der Waals surface area contributed by atoms with Crippen molar-refractivity contribution in [2.24, 2.45) is 5.11 Å². The van der Waals surface area contributed by atoms with Gasteiger partial charge >= 0.3 is 0 Å². The van der Waals surface area contributed by atoms with Crippen molar-refractivity contribution in [2.45, 2.75) is 0 Å². The van der Waals surface area contributed by atoms with Crippen LogP contribution in [0.5, 0.6) is 0 Å². The summed E-state index contributed by atoms with van der Waals surface area (Å²) in [6.07, 6.45) is 0. The van der Waals surface area contributed by atoms with Crippen molar-refractivity contribution in [1.29, 1.82) is 0 Å². The van der Waals surface area contributed by atoms with Gasteiger partial charge in [0, 0.05) is 10.6 Å². The van der Waals surface area contributed by atoms with Gasteiger partial charge in [-0.2, -0.15) is 0 Å². The topological polar surface area (TPSA) is 48.8 Å². The first-order chi connectivity index (χ1) is 8.72. The van der Waals surface area contributed by atoms with Gasteiger partial charge in [0.25, 0.3) is 0 Å². The van der Waals surface area contributed by atoms with Crippen LogP contribution in [0, 0.1) is 5.82 Å². The Bertz CT molecular complexity index is 626. The molecule has 0 aromatic heterocycles. The Hall–Kier alpha value is -2.58. The van der Waals surface area contributed by atoms with E-state index in [-0.39, 0.29) is 5.82 Å². The van der Waals surface area contributed by atoms with Crippen LogP contribution in [-0.4, -0.2) is 0 Å². The number of halogens is 1. The van der Waals surface area contributed by atoms with Crippen molar-refractivity contribution in [2.75, 3.05) is 0 Å². The zero-order valence-electron chi connectivity index (χ0n) is 9.55. The quantitative estimate of drug-likeness (QED) is 0.420. The molecule has 3 nitrogen and oxygen atoms in total. The molecule has 0 N–H and O–H groups in total. The molecule has 0 unspecified atom stereocenters. The van der Waals surface area contributed by atoms with Gasteiger partial charge < -0.3 is 0 Å². The first-order valence-electron chi connectivity index (χ1n) is 5.31. The number of hydrogen-bond acceptors (Lipinski definition) is 1. The maximum absolute atomic E-state index is 12.9. The van der Waals surface area contributed by atoms with Crippen LogP contribution in [0.1, 0.15) is 5.56 Å². The smallest absolute Gasteiger partial charge is 0.123 e. The Morgan fingerprint density at radius 2 is 1.78 bits per heavy atom. The minimum Gasteiger partial charge on any atom is -0.207 e. The number of azide groups is 1. The maximum atomic E-state index is 12.9. The van der Waals surface area contributed by atoms with E-state index in [9.17, 15) is 4.39 Å². The molecule has 0 aliphatic rings. The zero-order valence-corrected chi connectivity index (χ0v) is 9.55. The summed E-state index contributed by atoms with van der Waals surface area (Å²) in [6.45, 7) is 3.72. The highest BCUT2D eigenvalue weighted by atomic mass is 19.1. The van der Waals surface area contributed by atoms with Crippen LogP contribution in [-0.2, 0) is 0 Å². The minimum atomic E-state index is -0.287. The minimum absolute atomic E-state index is 0.287. The summed E-state index contributed by atoms with van der Waals surface area (Å²) in [5.41, 5.74) is 11.2. The molecular weight excluding hydrogens is 229 g/mol. The molecule has 0 aliphatic heterocycles. The van der Waals surface area contributed by atoms with E-state index < -0.39 is 0 Å². The maximum Gasteiger partial charge on any atom is 0.123 e. The Labute approximate surface area is 104 Å². The Balaban J connectivity index is 2.54. The number of hydrogen-bond donors (Lipinski definition) is 0. The van der Waals surface area contributed by atoms with Crippen molar-refractivity contribution in [3.8, 4) is 11.1 Å². The van der Waals surface area contributed by atoms with Gasteiger partial charge in [0.1, 0.15) is 5.82 Å². The molecule has 18 heavy (non-hydrogen) atoms. The van der Waals surface area contributed by atoms with Crippen molar-refractivity contribution in [1.82, 2.24) is 0 Å². The highest BCUT2D eigenvalue weighted by Crippen LogP contribution is 2.28. The van der Waals surface area contributed by atoms with Gasteiger partial charge in [-0.15, -0.1) is 0 Å². The van der Waals surface area contributed by atoms with Gasteiger partial charge in [0.05, 0.1) is 0 Å². The third kappa shape index (κ3) is 2.39. The first kappa shape index (κ1) is 11.9. The van der Waals surface area contributed by atoms with Crippen LogP contribution in [0.2, 0.25) is 0 Å². The van der Waals surface area contributed by atoms with Crippen LogP contribution in [0.15, 0.2) is 60.2 Å². The van der Waals surface area contributed by atoms with Crippen LogP contribution in [0.3, 0.4) is 0 Å². The lowest BCUT2D eigenvalue weighted by Crippen LogP contribution is -1.86. The van der Waals surface area contributed by atoms with Crippen LogP contribution < -0.4 is 0 Å². The average molecular weight is 239 g/mol. The van der Waals surface area contributed by atoms with Crippen molar-refractivity contribution >= 4 is 5.70 Å². The van der Waals surface area contributed by atoms with Crippen molar-refractivity contribution < 1.29 is 4.39 Å². The van der Waals surface area contributed by atoms with E-state index in [1.54, 1.807) is 12.1 Å². The summed E-state index contributed by atoms with van der Waals surface area (Å²) in [5.74, 6) is -0.287. The second-order valence-electron chi connectivity index (χ2n) is 3.69. The summed E-state index contributed by atoms with van der Waals surface area (Å²) >= 11 is 0. The van der Waals surface area contributed by atoms with Gasteiger partial charge in [-0.05, 0) is 34.4 Å². The number of rotatable bonds is 3. The molecule has 0 saturated heterocycles. The highest BCUT2D eigenvalue weighted by Gasteiger charge is 2.06. The number of benzene rings is 2. The molecule has 0 saturated carbocycles.